The molecule has 1 aliphatic heterocycles. The maximum Gasteiger partial charge on any atom is 0.196 e. The molecule has 1 aromatic heterocycles. The van der Waals surface area contributed by atoms with Gasteiger partial charge in [0.25, 0.3) is 0 Å². The first kappa shape index (κ1) is 9.90. The number of aldehydes is 1. The number of aliphatic hydroxyl groups excluding tert-OH is 1. The molecule has 1 N–H and O–H groups in total. The van der Waals surface area contributed by atoms with Gasteiger partial charge in [-0.25, -0.2) is 0 Å². The topological polar surface area (TPSA) is 53.7 Å². The van der Waals surface area contributed by atoms with Crippen molar-refractivity contribution in [2.24, 2.45) is 11.8 Å². The maximum atomic E-state index is 10.5. The van der Waals surface area contributed by atoms with E-state index in [-0.39, 0.29) is 6.10 Å². The van der Waals surface area contributed by atoms with Crippen molar-refractivity contribution in [1.82, 2.24) is 0 Å². The largest absolute Gasteiger partial charge is 0.438 e. The molecule has 4 heteroatoms. The van der Waals surface area contributed by atoms with Gasteiger partial charge < -0.3 is 14.4 Å². The fourth-order valence-corrected chi connectivity index (χ4v) is 2.99. The van der Waals surface area contributed by atoms with Crippen molar-refractivity contribution in [3.05, 3.63) is 17.9 Å². The van der Waals surface area contributed by atoms with E-state index in [0.29, 0.717) is 17.6 Å². The Balaban J connectivity index is 1.76. The lowest BCUT2D eigenvalue weighted by atomic mass is 10.00. The quantitative estimate of drug-likeness (QED) is 0.765. The zero-order valence-electron chi connectivity index (χ0n) is 9.00. The van der Waals surface area contributed by atoms with Crippen LogP contribution in [0.4, 0.5) is 5.88 Å². The molecular weight excluding hydrogens is 206 g/mol. The van der Waals surface area contributed by atoms with Gasteiger partial charge in [-0.15, -0.1) is 0 Å². The Hall–Kier alpha value is -1.29. The van der Waals surface area contributed by atoms with Crippen molar-refractivity contribution in [3.63, 3.8) is 0 Å². The van der Waals surface area contributed by atoms with Gasteiger partial charge in [0, 0.05) is 25.1 Å². The molecule has 1 saturated carbocycles. The Morgan fingerprint density at radius 2 is 2.25 bits per heavy atom. The number of anilines is 1. The Morgan fingerprint density at radius 1 is 1.38 bits per heavy atom. The van der Waals surface area contributed by atoms with Crippen molar-refractivity contribution in [3.8, 4) is 0 Å². The zero-order chi connectivity index (χ0) is 11.1. The summed E-state index contributed by atoms with van der Waals surface area (Å²) in [7, 11) is 0. The minimum Gasteiger partial charge on any atom is -0.438 e. The van der Waals surface area contributed by atoms with Crippen molar-refractivity contribution in [2.45, 2.75) is 18.9 Å². The van der Waals surface area contributed by atoms with Crippen molar-refractivity contribution in [2.75, 3.05) is 18.0 Å². The molecule has 4 nitrogen and oxygen atoms in total. The van der Waals surface area contributed by atoms with E-state index in [9.17, 15) is 9.90 Å². The van der Waals surface area contributed by atoms with Gasteiger partial charge in [-0.1, -0.05) is 0 Å². The monoisotopic (exact) mass is 221 g/mol. The number of carbonyl (C=O) groups excluding carboxylic acids is 1. The summed E-state index contributed by atoms with van der Waals surface area (Å²) >= 11 is 0. The predicted octanol–water partition coefficient (Wildman–Crippen LogP) is 1.30. The first-order valence-corrected chi connectivity index (χ1v) is 5.76. The Bertz CT molecular complexity index is 401. The van der Waals surface area contributed by atoms with E-state index in [1.165, 1.54) is 0 Å². The summed E-state index contributed by atoms with van der Waals surface area (Å²) in [6, 6.07) is 3.52. The van der Waals surface area contributed by atoms with Gasteiger partial charge in [0.2, 0.25) is 0 Å². The lowest BCUT2D eigenvalue weighted by Gasteiger charge is -2.16. The minimum atomic E-state index is -0.157. The Morgan fingerprint density at radius 3 is 2.94 bits per heavy atom. The summed E-state index contributed by atoms with van der Waals surface area (Å²) in [6.45, 7) is 1.78. The van der Waals surface area contributed by atoms with Crippen LogP contribution in [-0.4, -0.2) is 30.6 Å². The molecule has 0 amide bonds. The van der Waals surface area contributed by atoms with E-state index in [4.69, 9.17) is 4.42 Å². The molecule has 2 aliphatic rings. The van der Waals surface area contributed by atoms with Crippen LogP contribution in [0.1, 0.15) is 23.4 Å². The molecule has 0 bridgehead atoms. The number of aliphatic hydroxyl groups is 1. The highest BCUT2D eigenvalue weighted by atomic mass is 16.4. The summed E-state index contributed by atoms with van der Waals surface area (Å²) in [5.41, 5.74) is 0. The van der Waals surface area contributed by atoms with E-state index in [2.05, 4.69) is 4.90 Å². The molecule has 2 fully saturated rings. The van der Waals surface area contributed by atoms with E-state index in [1.54, 1.807) is 6.07 Å². The van der Waals surface area contributed by atoms with Crippen molar-refractivity contribution in [1.29, 1.82) is 0 Å². The minimum absolute atomic E-state index is 0.157. The van der Waals surface area contributed by atoms with E-state index in [1.807, 2.05) is 6.07 Å². The molecule has 16 heavy (non-hydrogen) atoms. The van der Waals surface area contributed by atoms with E-state index < -0.39 is 0 Å². The van der Waals surface area contributed by atoms with Gasteiger partial charge in [-0.3, -0.25) is 4.79 Å². The highest BCUT2D eigenvalue weighted by molar-refractivity contribution is 5.71. The van der Waals surface area contributed by atoms with Crippen LogP contribution in [0.2, 0.25) is 0 Å². The average Bonchev–Trinajstić information content (AvgIpc) is 2.95. The molecule has 86 valence electrons. The fourth-order valence-electron chi connectivity index (χ4n) is 2.99. The molecule has 1 aliphatic carbocycles. The van der Waals surface area contributed by atoms with Gasteiger partial charge in [0.15, 0.2) is 17.9 Å². The molecule has 2 heterocycles. The molecule has 0 aromatic carbocycles. The van der Waals surface area contributed by atoms with Gasteiger partial charge in [0.1, 0.15) is 0 Å². The molecule has 0 radical (unpaired) electrons. The maximum absolute atomic E-state index is 10.5. The standard InChI is InChI=1S/C12H15NO3/c14-7-9-2-4-12(16-9)13-5-8-1-3-11(15)10(8)6-13/h2,4,7-8,10-11,15H,1,3,5-6H2. The summed E-state index contributed by atoms with van der Waals surface area (Å²) in [4.78, 5) is 12.7. The highest BCUT2D eigenvalue weighted by Gasteiger charge is 2.42. The second-order valence-corrected chi connectivity index (χ2v) is 4.77. The van der Waals surface area contributed by atoms with Gasteiger partial charge in [-0.05, 0) is 24.8 Å². The molecule has 1 aromatic rings. The molecule has 3 unspecified atom stereocenters. The smallest absolute Gasteiger partial charge is 0.196 e. The van der Waals surface area contributed by atoms with Crippen LogP contribution in [0.15, 0.2) is 16.5 Å². The molecule has 3 atom stereocenters. The predicted molar refractivity (Wildman–Crippen MR) is 58.5 cm³/mol. The van der Waals surface area contributed by atoms with Gasteiger partial charge in [-0.2, -0.15) is 0 Å². The SMILES string of the molecule is O=Cc1ccc(N2CC3CCC(O)C3C2)o1. The number of nitrogens with zero attached hydrogens (tertiary/aromatic N) is 1. The molecular formula is C12H15NO3. The van der Waals surface area contributed by atoms with Crippen LogP contribution < -0.4 is 4.90 Å². The normalized spacial score (nSPS) is 33.1. The zero-order valence-corrected chi connectivity index (χ0v) is 9.00. The second kappa shape index (κ2) is 3.63. The van der Waals surface area contributed by atoms with Crippen LogP contribution in [-0.2, 0) is 0 Å². The van der Waals surface area contributed by atoms with Crippen LogP contribution in [0.3, 0.4) is 0 Å². The second-order valence-electron chi connectivity index (χ2n) is 4.77. The number of hydrogen-bond acceptors (Lipinski definition) is 4. The number of carbonyl (C=O) groups is 1. The van der Waals surface area contributed by atoms with Crippen LogP contribution >= 0.6 is 0 Å². The summed E-state index contributed by atoms with van der Waals surface area (Å²) in [5.74, 6) is 2.08. The van der Waals surface area contributed by atoms with Crippen LogP contribution in [0, 0.1) is 11.8 Å². The van der Waals surface area contributed by atoms with Gasteiger partial charge in [0.05, 0.1) is 6.10 Å². The molecule has 0 spiro atoms. The fraction of sp³-hybridized carbons (Fsp3) is 0.583. The lowest BCUT2D eigenvalue weighted by Crippen LogP contribution is -2.23. The highest BCUT2D eigenvalue weighted by Crippen LogP contribution is 2.40. The van der Waals surface area contributed by atoms with E-state index in [0.717, 1.165) is 38.1 Å². The van der Waals surface area contributed by atoms with Crippen molar-refractivity contribution < 1.29 is 14.3 Å². The third kappa shape index (κ3) is 1.45. The number of rotatable bonds is 2. The van der Waals surface area contributed by atoms with Crippen LogP contribution in [0.25, 0.3) is 0 Å². The first-order valence-electron chi connectivity index (χ1n) is 5.76. The average molecular weight is 221 g/mol. The summed E-state index contributed by atoms with van der Waals surface area (Å²) < 4.78 is 5.39. The third-order valence-corrected chi connectivity index (χ3v) is 3.86. The van der Waals surface area contributed by atoms with Crippen molar-refractivity contribution >= 4 is 12.2 Å². The lowest BCUT2D eigenvalue weighted by molar-refractivity contribution is 0.110. The van der Waals surface area contributed by atoms with E-state index >= 15 is 0 Å². The first-order chi connectivity index (χ1) is 7.78. The Kier molecular flexibility index (Phi) is 2.24. The third-order valence-electron chi connectivity index (χ3n) is 3.86. The van der Waals surface area contributed by atoms with Crippen LogP contribution in [0.5, 0.6) is 0 Å². The molecule has 1 saturated heterocycles. The number of fused-ring (bicyclic) bond motifs is 1. The molecule has 3 rings (SSSR count). The number of furan rings is 1. The number of hydrogen-bond donors (Lipinski definition) is 1. The summed E-state index contributed by atoms with van der Waals surface area (Å²) in [6.07, 6.45) is 2.59. The summed E-state index contributed by atoms with van der Waals surface area (Å²) in [5, 5.41) is 9.80. The van der Waals surface area contributed by atoms with Gasteiger partial charge >= 0.3 is 0 Å². The Labute approximate surface area is 93.8 Å².